The first-order valence-electron chi connectivity index (χ1n) is 7.24. The summed E-state index contributed by atoms with van der Waals surface area (Å²) < 4.78 is 2.76. The summed E-state index contributed by atoms with van der Waals surface area (Å²) in [6.45, 7) is 14.2. The van der Waals surface area contributed by atoms with Crippen LogP contribution in [-0.2, 0) is 21.8 Å². The predicted molar refractivity (Wildman–Crippen MR) is 86.6 cm³/mol. The van der Waals surface area contributed by atoms with Crippen molar-refractivity contribution >= 4 is 11.2 Å². The molecule has 1 atom stereocenters. The molecule has 0 bridgehead atoms. The zero-order valence-corrected chi connectivity index (χ0v) is 20.3. The van der Waals surface area contributed by atoms with Gasteiger partial charge in [0, 0.05) is 0 Å². The Kier molecular flexibility index (Phi) is 9.53. The molecule has 1 aliphatic carbocycles. The van der Waals surface area contributed by atoms with Gasteiger partial charge in [-0.1, -0.05) is 0 Å². The first kappa shape index (κ1) is 22.2. The van der Waals surface area contributed by atoms with Crippen molar-refractivity contribution in [2.45, 2.75) is 40.8 Å². The summed E-state index contributed by atoms with van der Waals surface area (Å²) in [6, 6.07) is 11.0. The first-order valence-corrected chi connectivity index (χ1v) is 16.7. The van der Waals surface area contributed by atoms with Crippen molar-refractivity contribution in [1.82, 2.24) is 0 Å². The molecule has 1 aliphatic rings. The molecule has 0 amide bonds. The topological polar surface area (TPSA) is 3.24 Å². The van der Waals surface area contributed by atoms with Crippen LogP contribution in [0.5, 0.6) is 0 Å². The van der Waals surface area contributed by atoms with E-state index in [4.69, 9.17) is 0 Å². The molecule has 0 aromatic heterocycles. The fourth-order valence-electron chi connectivity index (χ4n) is 2.77. The summed E-state index contributed by atoms with van der Waals surface area (Å²) in [6.07, 6.45) is 0. The minimum atomic E-state index is -0.785. The summed E-state index contributed by atoms with van der Waals surface area (Å²) >= 11 is -0.785. The fourth-order valence-corrected chi connectivity index (χ4v) is 12.8. The van der Waals surface area contributed by atoms with Gasteiger partial charge in [-0.25, -0.2) is 0 Å². The van der Waals surface area contributed by atoms with Crippen LogP contribution < -0.4 is 27.7 Å². The Morgan fingerprint density at radius 2 is 1.50 bits per heavy atom. The molecule has 0 N–H and O–H groups in total. The van der Waals surface area contributed by atoms with E-state index in [-0.39, 0.29) is 30.3 Å². The number of hydrogen-bond acceptors (Lipinski definition) is 1. The van der Waals surface area contributed by atoms with Gasteiger partial charge in [-0.15, -0.1) is 0 Å². The van der Waals surface area contributed by atoms with Crippen molar-refractivity contribution in [2.24, 2.45) is 5.92 Å². The molecule has 5 heteroatoms. The molecule has 0 saturated carbocycles. The second-order valence-electron chi connectivity index (χ2n) is 5.82. The molecular weight excluding hydrogens is 496 g/mol. The molecule has 0 radical (unpaired) electrons. The first-order chi connectivity index (χ1) is 9.43. The second kappa shape index (κ2) is 9.46. The van der Waals surface area contributed by atoms with Gasteiger partial charge in [-0.3, -0.25) is 0 Å². The quantitative estimate of drug-likeness (QED) is 0.464. The van der Waals surface area contributed by atoms with E-state index in [0.717, 1.165) is 0 Å². The Hall–Kier alpha value is 0.167. The molecule has 0 saturated heterocycles. The normalized spacial score (nSPS) is 16.7. The maximum atomic E-state index is 2.76. The largest absolute Gasteiger partial charge is 1.00 e. The third-order valence-corrected chi connectivity index (χ3v) is 13.9. The zero-order chi connectivity index (χ0) is 14.9. The monoisotopic (exact) mass is 520 g/mol. The molecule has 0 fully saturated rings. The van der Waals surface area contributed by atoms with Gasteiger partial charge in [0.15, 0.2) is 0 Å². The Bertz CT molecular complexity index is 604. The molecule has 1 aromatic rings. The number of allylic oxidation sites excluding steroid dienone is 3. The predicted octanol–water partition coefficient (Wildman–Crippen LogP) is -0.990. The van der Waals surface area contributed by atoms with Crippen molar-refractivity contribution in [3.05, 3.63) is 52.7 Å². The van der Waals surface area contributed by atoms with E-state index in [0.29, 0.717) is 5.92 Å². The van der Waals surface area contributed by atoms with Gasteiger partial charge < -0.3 is 24.8 Å². The average molecular weight is 520 g/mol. The average Bonchev–Trinajstić information content (AvgIpc) is 2.62. The summed E-state index contributed by atoms with van der Waals surface area (Å²) in [4.78, 5) is 0. The Balaban J connectivity index is 0.00000220. The van der Waals surface area contributed by atoms with Crippen LogP contribution in [0.15, 0.2) is 52.7 Å². The molecule has 0 spiro atoms. The van der Waals surface area contributed by atoms with E-state index in [9.17, 15) is 0 Å². The van der Waals surface area contributed by atoms with Gasteiger partial charge in [0.1, 0.15) is 0 Å². The van der Waals surface area contributed by atoms with E-state index in [1.165, 1.54) is 16.8 Å². The van der Waals surface area contributed by atoms with Crippen LogP contribution in [0.3, 0.4) is 0 Å². The number of nitrogens with zero attached hydrogens (tertiary/aromatic N) is 1. The maximum absolute atomic E-state index is 2.76. The second-order valence-corrected chi connectivity index (χ2v) is 22.8. The number of anilines is 1. The van der Waals surface area contributed by atoms with Gasteiger partial charge in [0.2, 0.25) is 0 Å². The number of hydrogen-bond donors (Lipinski definition) is 0. The molecule has 119 valence electrons. The molecule has 1 unspecified atom stereocenters. The number of para-hydroxylation sites is 1. The summed E-state index contributed by atoms with van der Waals surface area (Å²) in [5.74, 6) is 0.587. The van der Waals surface area contributed by atoms with Gasteiger partial charge in [-0.05, 0) is 0 Å². The van der Waals surface area contributed by atoms with Crippen LogP contribution in [0, 0.1) is 5.92 Å². The van der Waals surface area contributed by atoms with E-state index >= 15 is 0 Å². The molecule has 1 aromatic carbocycles. The molecule has 0 heterocycles. The minimum absolute atomic E-state index is 0. The van der Waals surface area contributed by atoms with Crippen molar-refractivity contribution in [3.63, 3.8) is 0 Å². The van der Waals surface area contributed by atoms with Crippen LogP contribution in [0.1, 0.15) is 27.7 Å². The van der Waals surface area contributed by atoms with Gasteiger partial charge >= 0.3 is 135 Å². The van der Waals surface area contributed by atoms with Crippen molar-refractivity contribution in [3.8, 4) is 0 Å². The van der Waals surface area contributed by atoms with Crippen molar-refractivity contribution in [1.29, 1.82) is 0 Å². The molecule has 1 nitrogen and oxygen atoms in total. The van der Waals surface area contributed by atoms with Crippen LogP contribution in [0.25, 0.3) is 0 Å². The van der Waals surface area contributed by atoms with Crippen molar-refractivity contribution < 1.29 is 46.6 Å². The third kappa shape index (κ3) is 4.59. The van der Waals surface area contributed by atoms with E-state index in [1.54, 1.807) is 11.3 Å². The fraction of sp³-hybridized carbons (Fsp3) is 0.412. The Morgan fingerprint density at radius 1 is 0.955 bits per heavy atom. The molecular formula is C17H24Cl2HfNSi. The minimum Gasteiger partial charge on any atom is -1.00 e. The van der Waals surface area contributed by atoms with E-state index in [2.05, 4.69) is 74.0 Å². The molecule has 2 rings (SSSR count). The van der Waals surface area contributed by atoms with Gasteiger partial charge in [-0.2, -0.15) is 0 Å². The van der Waals surface area contributed by atoms with Crippen LogP contribution >= 0.6 is 0 Å². The van der Waals surface area contributed by atoms with E-state index < -0.39 is 21.8 Å². The molecule has 0 aliphatic heterocycles. The smallest absolute Gasteiger partial charge is 1.00 e. The summed E-state index contributed by atoms with van der Waals surface area (Å²) in [5, 5.41) is 0. The summed E-state index contributed by atoms with van der Waals surface area (Å²) in [7, 11) is 0. The summed E-state index contributed by atoms with van der Waals surface area (Å²) in [5.41, 5.74) is 7.48. The van der Waals surface area contributed by atoms with Gasteiger partial charge in [0.25, 0.3) is 0 Å². The van der Waals surface area contributed by atoms with Crippen molar-refractivity contribution in [2.75, 3.05) is 2.89 Å². The molecule has 22 heavy (non-hydrogen) atoms. The Labute approximate surface area is 159 Å². The number of rotatable bonds is 3. The van der Waals surface area contributed by atoms with E-state index in [1.807, 2.05) is 0 Å². The Morgan fingerprint density at radius 3 is 1.91 bits per heavy atom. The number of benzene rings is 1. The van der Waals surface area contributed by atoms with Gasteiger partial charge in [0.05, 0.1) is 0 Å². The van der Waals surface area contributed by atoms with Crippen LogP contribution in [0.4, 0.5) is 5.69 Å². The number of halogens is 2. The standard InChI is InChI=1S/C15H18N.C2H6Si.2ClH.Hf/c1-10-11(2)13(4)15(12(10)3)16-14-8-6-5-7-9-14;1-3-2;;;/h5-9,12H,1-4H3;1-2H3;2*1H;/q-1;;;;+3/p-2. The third-order valence-electron chi connectivity index (χ3n) is 4.19. The zero-order valence-electron chi connectivity index (χ0n) is 14.2. The van der Waals surface area contributed by atoms with Crippen LogP contribution in [0.2, 0.25) is 13.1 Å². The van der Waals surface area contributed by atoms with Crippen LogP contribution in [-0.4, -0.2) is 5.49 Å². The SMILES string of the molecule is CC1=C(C)C(C)C([N]([Hf+2]=[Si](C)C)c2ccccc2)=C1C.[Cl-].[Cl-]. The maximum Gasteiger partial charge on any atom is -1.00 e.